The minimum absolute atomic E-state index is 0.192. The number of hydrogen-bond donors (Lipinski definition) is 2. The van der Waals surface area contributed by atoms with Gasteiger partial charge in [-0.2, -0.15) is 5.26 Å². The topological polar surface area (TPSA) is 100 Å². The van der Waals surface area contributed by atoms with Crippen LogP contribution in [-0.4, -0.2) is 42.9 Å². The molecule has 2 N–H and O–H groups in total. The van der Waals surface area contributed by atoms with Gasteiger partial charge >= 0.3 is 0 Å². The third kappa shape index (κ3) is 5.66. The van der Waals surface area contributed by atoms with Gasteiger partial charge in [0.1, 0.15) is 36.3 Å². The van der Waals surface area contributed by atoms with E-state index >= 15 is 0 Å². The zero-order valence-corrected chi connectivity index (χ0v) is 20.2. The van der Waals surface area contributed by atoms with Crippen LogP contribution in [0.15, 0.2) is 53.4 Å². The highest BCUT2D eigenvalue weighted by Crippen LogP contribution is 2.34. The summed E-state index contributed by atoms with van der Waals surface area (Å²) in [7, 11) is 0. The number of hydrogen-bond acceptors (Lipinski definition) is 6. The first-order valence-electron chi connectivity index (χ1n) is 10.8. The molecule has 176 valence electrons. The smallest absolute Gasteiger partial charge is 0.255 e. The summed E-state index contributed by atoms with van der Waals surface area (Å²) < 4.78 is 11.5. The van der Waals surface area contributed by atoms with Crippen LogP contribution in [0.5, 0.6) is 11.5 Å². The highest BCUT2D eigenvalue weighted by atomic mass is 35.5. The highest BCUT2D eigenvalue weighted by Gasteiger charge is 2.45. The van der Waals surface area contributed by atoms with Gasteiger partial charge in [-0.25, -0.2) is 0 Å². The molecule has 1 aliphatic carbocycles. The minimum Gasteiger partial charge on any atom is -0.489 e. The van der Waals surface area contributed by atoms with Crippen LogP contribution in [0.3, 0.4) is 0 Å². The number of fused-ring (bicyclic) bond motifs is 9. The Morgan fingerprint density at radius 1 is 1.18 bits per heavy atom. The molecule has 5 rings (SSSR count). The normalized spacial score (nSPS) is 20.0. The van der Waals surface area contributed by atoms with Gasteiger partial charge in [0.2, 0.25) is 5.91 Å². The van der Waals surface area contributed by atoms with E-state index in [1.165, 1.54) is 11.8 Å². The van der Waals surface area contributed by atoms with Gasteiger partial charge in [0.15, 0.2) is 0 Å². The molecule has 7 nitrogen and oxygen atoms in total. The van der Waals surface area contributed by atoms with Crippen molar-refractivity contribution < 1.29 is 19.1 Å². The molecule has 2 amide bonds. The summed E-state index contributed by atoms with van der Waals surface area (Å²) >= 11 is 7.88. The molecule has 34 heavy (non-hydrogen) atoms. The predicted molar refractivity (Wildman–Crippen MR) is 130 cm³/mol. The van der Waals surface area contributed by atoms with Gasteiger partial charge in [0, 0.05) is 11.3 Å². The number of halogens is 1. The van der Waals surface area contributed by atoms with E-state index in [9.17, 15) is 14.9 Å². The Hall–Kier alpha value is -3.15. The van der Waals surface area contributed by atoms with Gasteiger partial charge in [-0.05, 0) is 67.1 Å². The number of ether oxygens (including phenoxy) is 2. The fourth-order valence-electron chi connectivity index (χ4n) is 3.53. The van der Waals surface area contributed by atoms with Crippen molar-refractivity contribution in [3.8, 4) is 17.6 Å². The minimum atomic E-state index is -0.917. The monoisotopic (exact) mass is 497 g/mol. The highest BCUT2D eigenvalue weighted by molar-refractivity contribution is 7.98. The van der Waals surface area contributed by atoms with Gasteiger partial charge < -0.3 is 20.1 Å². The number of carbonyl (C=O) groups is 2. The lowest BCUT2D eigenvalue weighted by atomic mass is 10.0. The van der Waals surface area contributed by atoms with Crippen molar-refractivity contribution in [2.75, 3.05) is 19.5 Å². The third-order valence-corrected chi connectivity index (χ3v) is 6.67. The molecule has 3 aliphatic rings. The average molecular weight is 498 g/mol. The van der Waals surface area contributed by atoms with Crippen molar-refractivity contribution in [3.63, 3.8) is 0 Å². The number of nitrogens with one attached hydrogen (secondary N) is 2. The number of nitriles is 1. The van der Waals surface area contributed by atoms with Crippen LogP contribution < -0.4 is 20.1 Å². The lowest BCUT2D eigenvalue weighted by molar-refractivity contribution is -0.123. The van der Waals surface area contributed by atoms with Crippen molar-refractivity contribution in [3.05, 3.63) is 64.7 Å². The van der Waals surface area contributed by atoms with Crippen LogP contribution in [-0.2, 0) is 11.2 Å². The zero-order valence-electron chi connectivity index (χ0n) is 18.6. The molecular weight excluding hydrogens is 474 g/mol. The second-order valence-corrected chi connectivity index (χ2v) is 9.42. The number of thioether (sulfide) groups is 1. The molecule has 1 saturated carbocycles. The Balaban J connectivity index is 1.68. The lowest BCUT2D eigenvalue weighted by Crippen LogP contribution is -2.51. The average Bonchev–Trinajstić information content (AvgIpc) is 3.61. The Morgan fingerprint density at radius 2 is 1.88 bits per heavy atom. The standard InChI is InChI=1S/C25H24ClN3O4S/c1-34-17-5-7-21-18(14-17)23(30)28-20(24(31)29-25(15-27)8-9-25)13-16-4-6-22(19(26)12-16)33-11-3-2-10-32-21/h2-7,12,14,20H,8-11,13H2,1H3,(H,28,30)(H,29,31)/b3-2+/t20-/m0/s1. The van der Waals surface area contributed by atoms with Crippen molar-refractivity contribution in [2.24, 2.45) is 0 Å². The largest absolute Gasteiger partial charge is 0.489 e. The third-order valence-electron chi connectivity index (χ3n) is 5.65. The summed E-state index contributed by atoms with van der Waals surface area (Å²) in [4.78, 5) is 27.4. The molecule has 1 fully saturated rings. The fourth-order valence-corrected chi connectivity index (χ4v) is 4.23. The summed E-state index contributed by atoms with van der Waals surface area (Å²) in [6, 6.07) is 11.9. The predicted octanol–water partition coefficient (Wildman–Crippen LogP) is 3.90. The summed E-state index contributed by atoms with van der Waals surface area (Å²) in [5, 5.41) is 15.5. The van der Waals surface area contributed by atoms with Crippen LogP contribution in [0, 0.1) is 11.3 Å². The van der Waals surface area contributed by atoms with Crippen molar-refractivity contribution in [1.29, 1.82) is 5.26 Å². The molecule has 2 aromatic rings. The molecule has 2 heterocycles. The lowest BCUT2D eigenvalue weighted by Gasteiger charge is -2.22. The second kappa shape index (κ2) is 10.4. The van der Waals surface area contributed by atoms with Gasteiger partial charge in [-0.3, -0.25) is 9.59 Å². The first-order valence-corrected chi connectivity index (χ1v) is 12.4. The number of benzene rings is 2. The SMILES string of the molecule is CSc1ccc2c(c1)C(=O)N[C@H](C(=O)NC1(C#N)CC1)Cc1ccc(c(Cl)c1)OC/C=C/CO2. The number of nitrogens with zero attached hydrogens (tertiary/aromatic N) is 1. The summed E-state index contributed by atoms with van der Waals surface area (Å²) in [5.74, 6) is 0.0741. The van der Waals surface area contributed by atoms with E-state index in [4.69, 9.17) is 21.1 Å². The van der Waals surface area contributed by atoms with Crippen LogP contribution in [0.2, 0.25) is 5.02 Å². The quantitative estimate of drug-likeness (QED) is 0.492. The molecule has 2 bridgehead atoms. The van der Waals surface area contributed by atoms with E-state index in [1.807, 2.05) is 24.5 Å². The van der Waals surface area contributed by atoms with Crippen LogP contribution in [0.25, 0.3) is 0 Å². The maximum atomic E-state index is 13.3. The fraction of sp³-hybridized carbons (Fsp3) is 0.320. The maximum absolute atomic E-state index is 13.3. The van der Waals surface area contributed by atoms with Gasteiger partial charge in [0.05, 0.1) is 16.7 Å². The van der Waals surface area contributed by atoms with Gasteiger partial charge in [0.25, 0.3) is 5.91 Å². The summed E-state index contributed by atoms with van der Waals surface area (Å²) in [6.07, 6.45) is 6.90. The molecule has 0 saturated heterocycles. The van der Waals surface area contributed by atoms with Crippen molar-refractivity contribution in [1.82, 2.24) is 10.6 Å². The number of carbonyl (C=O) groups excluding carboxylic acids is 2. The molecule has 2 aromatic carbocycles. The first kappa shape index (κ1) is 24.0. The van der Waals surface area contributed by atoms with E-state index in [0.29, 0.717) is 41.5 Å². The van der Waals surface area contributed by atoms with Gasteiger partial charge in [-0.15, -0.1) is 11.8 Å². The molecule has 9 heteroatoms. The maximum Gasteiger partial charge on any atom is 0.255 e. The van der Waals surface area contributed by atoms with Gasteiger partial charge in [-0.1, -0.05) is 17.7 Å². The van der Waals surface area contributed by atoms with E-state index in [2.05, 4.69) is 16.7 Å². The molecule has 0 spiro atoms. The molecule has 0 radical (unpaired) electrons. The molecule has 1 atom stereocenters. The molecule has 0 unspecified atom stereocenters. The van der Waals surface area contributed by atoms with Crippen LogP contribution in [0.1, 0.15) is 28.8 Å². The first-order chi connectivity index (χ1) is 16.4. The van der Waals surface area contributed by atoms with Crippen molar-refractivity contribution in [2.45, 2.75) is 35.7 Å². The van der Waals surface area contributed by atoms with E-state index in [-0.39, 0.29) is 13.0 Å². The Labute approximate surface area is 207 Å². The Bertz CT molecular complexity index is 1170. The summed E-state index contributed by atoms with van der Waals surface area (Å²) in [6.45, 7) is 0.548. The Kier molecular flexibility index (Phi) is 7.35. The molecule has 2 aliphatic heterocycles. The van der Waals surface area contributed by atoms with Crippen LogP contribution >= 0.6 is 23.4 Å². The number of rotatable bonds is 3. The molecular formula is C25H24ClN3O4S. The van der Waals surface area contributed by atoms with Crippen LogP contribution in [0.4, 0.5) is 0 Å². The zero-order chi connectivity index (χ0) is 24.1. The molecule has 0 aromatic heterocycles. The van der Waals surface area contributed by atoms with E-state index < -0.39 is 23.4 Å². The number of amides is 2. The summed E-state index contributed by atoms with van der Waals surface area (Å²) in [5.41, 5.74) is 0.221. The van der Waals surface area contributed by atoms with E-state index in [1.54, 1.807) is 30.3 Å². The van der Waals surface area contributed by atoms with E-state index in [0.717, 1.165) is 10.5 Å². The Morgan fingerprint density at radius 3 is 2.53 bits per heavy atom. The van der Waals surface area contributed by atoms with Crippen molar-refractivity contribution >= 4 is 35.2 Å². The second-order valence-electron chi connectivity index (χ2n) is 8.13.